The van der Waals surface area contributed by atoms with E-state index in [1.807, 2.05) is 6.79 Å². The first-order chi connectivity index (χ1) is 5.88. The first kappa shape index (κ1) is 36.0. The smallest absolute Gasteiger partial charge is 0.811 e. The van der Waals surface area contributed by atoms with Crippen LogP contribution in [0.15, 0.2) is 0 Å². The summed E-state index contributed by atoms with van der Waals surface area (Å²) in [5.41, 5.74) is 0. The van der Waals surface area contributed by atoms with Crippen molar-refractivity contribution < 1.29 is 82.6 Å². The molecule has 0 saturated heterocycles. The summed E-state index contributed by atoms with van der Waals surface area (Å²) in [6, 6.07) is 0. The largest absolute Gasteiger partial charge is 1.00 e. The number of ketones is 2. The summed E-state index contributed by atoms with van der Waals surface area (Å²) in [4.78, 5) is 26.9. The molecule has 0 aliphatic carbocycles. The number of carbonyl (C=O) groups excluding carboxylic acids is 3. The molecule has 8 heteroatoms. The zero-order valence-electron chi connectivity index (χ0n) is 10.2. The molecule has 0 bridgehead atoms. The Balaban J connectivity index is -0.0000000178. The minimum Gasteiger partial charge on any atom is -0.811 e. The van der Waals surface area contributed by atoms with Crippen LogP contribution in [-0.2, 0) is 14.4 Å². The Bertz CT molecular complexity index is 104. The number of Topliss-reactive ketones (excluding diaryl/α,β-unsaturated/α-hetero) is 2. The van der Waals surface area contributed by atoms with Crippen molar-refractivity contribution in [3.8, 4) is 0 Å². The maximum absolute atomic E-state index is 9.44. The minimum absolute atomic E-state index is 0. The molecule has 0 rings (SSSR count). The van der Waals surface area contributed by atoms with E-state index in [-0.39, 0.29) is 70.7 Å². The number of hydrogen-bond donors (Lipinski definition) is 0. The fourth-order valence-electron chi connectivity index (χ4n) is 0. The zero-order valence-corrected chi connectivity index (χ0v) is 15.0. The molecule has 0 N–H and O–H groups in total. The van der Waals surface area contributed by atoms with Gasteiger partial charge in [-0.2, -0.15) is 0 Å². The SMILES string of the molecule is C=O.CC(C)=O.CC(C)=O.[Na+].[Na+].[O-]S[O-]. The van der Waals surface area contributed by atoms with Crippen LogP contribution in [-0.4, -0.2) is 27.5 Å². The third-order valence-electron chi connectivity index (χ3n) is 0. The van der Waals surface area contributed by atoms with Gasteiger partial charge in [0.2, 0.25) is 0 Å². The zero-order chi connectivity index (χ0) is 11.9. The van der Waals surface area contributed by atoms with Gasteiger partial charge in [0.05, 0.1) is 0 Å². The number of rotatable bonds is 0. The molecule has 0 aromatic heterocycles. The normalized spacial score (nSPS) is 4.93. The molecule has 0 aliphatic heterocycles. The van der Waals surface area contributed by atoms with Crippen LogP contribution in [0.25, 0.3) is 0 Å². The maximum atomic E-state index is 9.44. The quantitative estimate of drug-likeness (QED) is 0.318. The molecule has 0 aliphatic rings. The van der Waals surface area contributed by atoms with Gasteiger partial charge in [-0.15, -0.1) is 0 Å². The van der Waals surface area contributed by atoms with Crippen molar-refractivity contribution in [2.45, 2.75) is 27.7 Å². The average Bonchev–Trinajstić information content (AvgIpc) is 1.89. The summed E-state index contributed by atoms with van der Waals surface area (Å²) >= 11 is -0.750. The summed E-state index contributed by atoms with van der Waals surface area (Å²) in [6.07, 6.45) is 0. The summed E-state index contributed by atoms with van der Waals surface area (Å²) in [5, 5.41) is 0. The van der Waals surface area contributed by atoms with Gasteiger partial charge in [0, 0.05) is 0 Å². The van der Waals surface area contributed by atoms with Gasteiger partial charge in [-0.05, 0) is 27.7 Å². The third-order valence-corrected chi connectivity index (χ3v) is 0. The second-order valence-corrected chi connectivity index (χ2v) is 2.02. The molecule has 0 aromatic carbocycles. The number of carbonyl (C=O) groups is 3. The van der Waals surface area contributed by atoms with Crippen LogP contribution in [0.2, 0.25) is 0 Å². The Morgan fingerprint density at radius 3 is 0.867 bits per heavy atom. The van der Waals surface area contributed by atoms with Crippen molar-refractivity contribution in [2.75, 3.05) is 0 Å². The molecule has 0 spiro atoms. The topological polar surface area (TPSA) is 97.3 Å². The molecule has 0 fully saturated rings. The van der Waals surface area contributed by atoms with E-state index in [1.54, 1.807) is 0 Å². The van der Waals surface area contributed by atoms with Crippen molar-refractivity contribution >= 4 is 30.7 Å². The standard InChI is InChI=1S/2C3H6O.CH2O.2Na.H2O2S/c2*1-3(2)4;1-2;;;1-3-2/h2*1-2H3;1H2;;;1-2H/q;;;2*+1;/p-2. The van der Waals surface area contributed by atoms with E-state index in [4.69, 9.17) is 13.9 Å². The molecule has 0 aromatic rings. The molecule has 80 valence electrons. The predicted octanol–water partition coefficient (Wildman–Crippen LogP) is -5.01. The van der Waals surface area contributed by atoms with Gasteiger partial charge >= 0.3 is 59.1 Å². The van der Waals surface area contributed by atoms with Crippen LogP contribution in [0.1, 0.15) is 27.7 Å². The summed E-state index contributed by atoms with van der Waals surface area (Å²) in [6.45, 7) is 8.11. The molecular formula is C7H14Na2O5S. The van der Waals surface area contributed by atoms with Gasteiger partial charge in [-0.1, -0.05) is 0 Å². The number of hydrogen-bond acceptors (Lipinski definition) is 6. The van der Waals surface area contributed by atoms with E-state index >= 15 is 0 Å². The molecule has 0 unspecified atom stereocenters. The second kappa shape index (κ2) is 45.4. The molecule has 5 nitrogen and oxygen atoms in total. The summed E-state index contributed by atoms with van der Waals surface area (Å²) in [5.74, 6) is 0.333. The Morgan fingerprint density at radius 2 is 0.867 bits per heavy atom. The fraction of sp³-hybridized carbons (Fsp3) is 0.571. The molecular weight excluding hydrogens is 242 g/mol. The van der Waals surface area contributed by atoms with E-state index in [2.05, 4.69) is 0 Å². The molecule has 0 atom stereocenters. The Labute approximate surface area is 139 Å². The van der Waals surface area contributed by atoms with Gasteiger partial charge < -0.3 is 35.8 Å². The van der Waals surface area contributed by atoms with Gasteiger partial charge in [-0.3, -0.25) is 0 Å². The van der Waals surface area contributed by atoms with E-state index in [9.17, 15) is 9.59 Å². The third kappa shape index (κ3) is 1640. The van der Waals surface area contributed by atoms with Crippen LogP contribution >= 0.6 is 12.3 Å². The monoisotopic (exact) mass is 256 g/mol. The van der Waals surface area contributed by atoms with E-state index in [0.29, 0.717) is 0 Å². The van der Waals surface area contributed by atoms with Gasteiger partial charge in [-0.25, -0.2) is 0 Å². The summed E-state index contributed by atoms with van der Waals surface area (Å²) < 4.78 is 16.6. The first-order valence-electron chi connectivity index (χ1n) is 3.03. The van der Waals surface area contributed by atoms with Gasteiger partial charge in [0.25, 0.3) is 0 Å². The maximum Gasteiger partial charge on any atom is 1.00 e. The Hall–Kier alpha value is 1.28. The second-order valence-electron chi connectivity index (χ2n) is 1.88. The Morgan fingerprint density at radius 1 is 0.867 bits per heavy atom. The molecule has 0 radical (unpaired) electrons. The van der Waals surface area contributed by atoms with Gasteiger partial charge in [0.15, 0.2) is 0 Å². The predicted molar refractivity (Wildman–Crippen MR) is 49.0 cm³/mol. The molecule has 0 heterocycles. The fourth-order valence-corrected chi connectivity index (χ4v) is 0. The van der Waals surface area contributed by atoms with E-state index in [1.165, 1.54) is 27.7 Å². The summed E-state index contributed by atoms with van der Waals surface area (Å²) in [7, 11) is 0. The Kier molecular flexibility index (Phi) is 109. The van der Waals surface area contributed by atoms with Crippen molar-refractivity contribution in [2.24, 2.45) is 0 Å². The van der Waals surface area contributed by atoms with Crippen LogP contribution in [0.4, 0.5) is 0 Å². The van der Waals surface area contributed by atoms with Crippen LogP contribution in [0.5, 0.6) is 0 Å². The van der Waals surface area contributed by atoms with Gasteiger partial charge in [0.1, 0.15) is 18.4 Å². The van der Waals surface area contributed by atoms with Crippen molar-refractivity contribution in [1.82, 2.24) is 0 Å². The van der Waals surface area contributed by atoms with E-state index in [0.717, 1.165) is 0 Å². The van der Waals surface area contributed by atoms with Crippen molar-refractivity contribution in [3.63, 3.8) is 0 Å². The van der Waals surface area contributed by atoms with Crippen molar-refractivity contribution in [1.29, 1.82) is 0 Å². The van der Waals surface area contributed by atoms with Crippen molar-refractivity contribution in [3.05, 3.63) is 0 Å². The molecule has 0 saturated carbocycles. The average molecular weight is 256 g/mol. The first-order valence-corrected chi connectivity index (χ1v) is 3.70. The molecule has 15 heavy (non-hydrogen) atoms. The minimum atomic E-state index is -0.750. The van der Waals surface area contributed by atoms with Crippen LogP contribution in [0, 0.1) is 0 Å². The van der Waals surface area contributed by atoms with E-state index < -0.39 is 12.3 Å². The van der Waals surface area contributed by atoms with Crippen LogP contribution < -0.4 is 59.1 Å². The van der Waals surface area contributed by atoms with Crippen LogP contribution in [0.3, 0.4) is 0 Å². The molecule has 0 amide bonds.